The molecular formula is C30H31N3O4. The van der Waals surface area contributed by atoms with E-state index in [0.29, 0.717) is 19.6 Å². The van der Waals surface area contributed by atoms with E-state index in [2.05, 4.69) is 59.3 Å². The Bertz CT molecular complexity index is 1450. The standard InChI is InChI=1S/C30H31N3O4/c1-19-20(17-31-22-12-13-23-21(15-29(34)35-2)18-37-28(23)16-22)7-5-10-25(19)33-26-9-4-3-8-24(26)32-30(33)27-11-6-14-36-27/h3-5,7-10,12-13,16,21,27,31H,6,11,14-15,17-18H2,1-2H3/t21-,27+/m1/s1. The number of ether oxygens (including phenoxy) is 3. The van der Waals surface area contributed by atoms with Crippen molar-refractivity contribution < 1.29 is 19.0 Å². The number of carbonyl (C=O) groups is 1. The Morgan fingerprint density at radius 3 is 2.89 bits per heavy atom. The molecule has 1 saturated heterocycles. The van der Waals surface area contributed by atoms with Crippen molar-refractivity contribution in [3.05, 3.63) is 83.2 Å². The number of benzene rings is 3. The largest absolute Gasteiger partial charge is 0.493 e. The third-order valence-corrected chi connectivity index (χ3v) is 7.48. The second-order valence-corrected chi connectivity index (χ2v) is 9.75. The number of methoxy groups -OCH3 is 1. The Morgan fingerprint density at radius 1 is 1.16 bits per heavy atom. The number of esters is 1. The second kappa shape index (κ2) is 9.90. The predicted octanol–water partition coefficient (Wildman–Crippen LogP) is 5.84. The molecule has 2 atom stereocenters. The van der Waals surface area contributed by atoms with Gasteiger partial charge in [0.1, 0.15) is 17.7 Å². The van der Waals surface area contributed by atoms with Gasteiger partial charge < -0.3 is 19.5 Å². The van der Waals surface area contributed by atoms with E-state index < -0.39 is 0 Å². The zero-order valence-corrected chi connectivity index (χ0v) is 21.2. The van der Waals surface area contributed by atoms with Gasteiger partial charge in [-0.2, -0.15) is 0 Å². The summed E-state index contributed by atoms with van der Waals surface area (Å²) < 4.78 is 19.0. The summed E-state index contributed by atoms with van der Waals surface area (Å²) in [4.78, 5) is 16.7. The first kappa shape index (κ1) is 23.6. The topological polar surface area (TPSA) is 74.6 Å². The van der Waals surface area contributed by atoms with Gasteiger partial charge in [-0.1, -0.05) is 30.3 Å². The fourth-order valence-corrected chi connectivity index (χ4v) is 5.44. The van der Waals surface area contributed by atoms with E-state index in [0.717, 1.165) is 59.0 Å². The van der Waals surface area contributed by atoms with Crippen LogP contribution in [0.3, 0.4) is 0 Å². The maximum absolute atomic E-state index is 11.7. The smallest absolute Gasteiger partial charge is 0.306 e. The summed E-state index contributed by atoms with van der Waals surface area (Å²) in [6, 6.07) is 20.8. The van der Waals surface area contributed by atoms with Crippen LogP contribution in [0, 0.1) is 6.92 Å². The van der Waals surface area contributed by atoms with Gasteiger partial charge in [-0.15, -0.1) is 0 Å². The summed E-state index contributed by atoms with van der Waals surface area (Å²) in [5.74, 6) is 1.63. The molecule has 3 aromatic carbocycles. The average molecular weight is 498 g/mol. The summed E-state index contributed by atoms with van der Waals surface area (Å²) in [6.07, 6.45) is 2.40. The van der Waals surface area contributed by atoms with E-state index in [1.807, 2.05) is 18.2 Å². The van der Waals surface area contributed by atoms with Crippen molar-refractivity contribution in [2.24, 2.45) is 0 Å². The number of fused-ring (bicyclic) bond motifs is 2. The van der Waals surface area contributed by atoms with Crippen molar-refractivity contribution in [2.75, 3.05) is 25.6 Å². The van der Waals surface area contributed by atoms with Crippen molar-refractivity contribution >= 4 is 22.7 Å². The van der Waals surface area contributed by atoms with Gasteiger partial charge in [0.15, 0.2) is 0 Å². The van der Waals surface area contributed by atoms with Crippen molar-refractivity contribution in [2.45, 2.75) is 44.8 Å². The third kappa shape index (κ3) is 4.44. The molecule has 1 N–H and O–H groups in total. The molecule has 7 heteroatoms. The van der Waals surface area contributed by atoms with Crippen LogP contribution < -0.4 is 10.1 Å². The SMILES string of the molecule is COC(=O)C[C@@H]1COc2cc(NCc3cccc(-n4c([C@@H]5CCCO5)nc5ccccc54)c3C)ccc21. The van der Waals surface area contributed by atoms with Gasteiger partial charge in [-0.05, 0) is 55.2 Å². The number of hydrogen-bond donors (Lipinski definition) is 1. The first-order valence-corrected chi connectivity index (χ1v) is 12.9. The molecule has 3 heterocycles. The summed E-state index contributed by atoms with van der Waals surface area (Å²) >= 11 is 0. The summed E-state index contributed by atoms with van der Waals surface area (Å²) in [5.41, 5.74) is 7.66. The minimum Gasteiger partial charge on any atom is -0.493 e. The average Bonchev–Trinajstić information content (AvgIpc) is 3.67. The number of para-hydroxylation sites is 2. The molecule has 0 radical (unpaired) electrons. The van der Waals surface area contributed by atoms with Gasteiger partial charge in [0.05, 0.1) is 36.9 Å². The van der Waals surface area contributed by atoms with E-state index in [1.54, 1.807) is 0 Å². The lowest BCUT2D eigenvalue weighted by molar-refractivity contribution is -0.141. The maximum Gasteiger partial charge on any atom is 0.306 e. The number of nitrogens with zero attached hydrogens (tertiary/aromatic N) is 2. The molecule has 0 aliphatic carbocycles. The number of hydrogen-bond acceptors (Lipinski definition) is 6. The highest BCUT2D eigenvalue weighted by molar-refractivity contribution is 5.79. The van der Waals surface area contributed by atoms with E-state index in [4.69, 9.17) is 19.2 Å². The van der Waals surface area contributed by atoms with Crippen LogP contribution in [0.15, 0.2) is 60.7 Å². The van der Waals surface area contributed by atoms with Gasteiger partial charge in [0, 0.05) is 36.4 Å². The molecule has 0 spiro atoms. The van der Waals surface area contributed by atoms with Crippen LogP contribution in [-0.2, 0) is 20.8 Å². The van der Waals surface area contributed by atoms with Crippen LogP contribution >= 0.6 is 0 Å². The monoisotopic (exact) mass is 497 g/mol. The van der Waals surface area contributed by atoms with Crippen molar-refractivity contribution in [1.29, 1.82) is 0 Å². The number of carbonyl (C=O) groups excluding carboxylic acids is 1. The number of nitrogens with one attached hydrogen (secondary N) is 1. The lowest BCUT2D eigenvalue weighted by atomic mass is 9.97. The molecule has 4 aromatic rings. The zero-order chi connectivity index (χ0) is 25.4. The molecule has 7 nitrogen and oxygen atoms in total. The minimum atomic E-state index is -0.215. The molecule has 2 aliphatic rings. The van der Waals surface area contributed by atoms with Gasteiger partial charge in [0.2, 0.25) is 0 Å². The Morgan fingerprint density at radius 2 is 2.05 bits per heavy atom. The van der Waals surface area contributed by atoms with Crippen molar-refractivity contribution in [3.8, 4) is 11.4 Å². The summed E-state index contributed by atoms with van der Waals surface area (Å²) in [6.45, 7) is 4.13. The first-order chi connectivity index (χ1) is 18.1. The van der Waals surface area contributed by atoms with Gasteiger partial charge in [-0.3, -0.25) is 9.36 Å². The van der Waals surface area contributed by atoms with Crippen LogP contribution in [0.25, 0.3) is 16.7 Å². The first-order valence-electron chi connectivity index (χ1n) is 12.9. The fourth-order valence-electron chi connectivity index (χ4n) is 5.44. The Kier molecular flexibility index (Phi) is 6.30. The van der Waals surface area contributed by atoms with Gasteiger partial charge >= 0.3 is 5.97 Å². The predicted molar refractivity (Wildman–Crippen MR) is 142 cm³/mol. The molecule has 37 heavy (non-hydrogen) atoms. The molecule has 0 unspecified atom stereocenters. The van der Waals surface area contributed by atoms with Crippen LogP contribution in [-0.4, -0.2) is 35.8 Å². The second-order valence-electron chi connectivity index (χ2n) is 9.75. The highest BCUT2D eigenvalue weighted by Crippen LogP contribution is 2.38. The van der Waals surface area contributed by atoms with Crippen LogP contribution in [0.5, 0.6) is 5.75 Å². The van der Waals surface area contributed by atoms with Crippen LogP contribution in [0.2, 0.25) is 0 Å². The molecule has 6 rings (SSSR count). The lowest BCUT2D eigenvalue weighted by Crippen LogP contribution is -2.10. The lowest BCUT2D eigenvalue weighted by Gasteiger charge is -2.18. The fraction of sp³-hybridized carbons (Fsp3) is 0.333. The normalized spacial score (nSPS) is 18.5. The van der Waals surface area contributed by atoms with E-state index in [-0.39, 0.29) is 18.0 Å². The van der Waals surface area contributed by atoms with Crippen LogP contribution in [0.1, 0.15) is 53.8 Å². The molecule has 0 bridgehead atoms. The summed E-state index contributed by atoms with van der Waals surface area (Å²) in [7, 11) is 1.42. The molecule has 0 saturated carbocycles. The molecule has 1 aromatic heterocycles. The number of anilines is 1. The molecule has 190 valence electrons. The third-order valence-electron chi connectivity index (χ3n) is 7.48. The Hall–Kier alpha value is -3.84. The number of imidazole rings is 1. The van der Waals surface area contributed by atoms with Crippen molar-refractivity contribution in [1.82, 2.24) is 9.55 Å². The number of aromatic nitrogens is 2. The van der Waals surface area contributed by atoms with Gasteiger partial charge in [-0.25, -0.2) is 4.98 Å². The molecular weight excluding hydrogens is 466 g/mol. The van der Waals surface area contributed by atoms with Crippen molar-refractivity contribution in [3.63, 3.8) is 0 Å². The minimum absolute atomic E-state index is 0.0167. The molecule has 1 fully saturated rings. The number of rotatable bonds is 7. The maximum atomic E-state index is 11.7. The Balaban J connectivity index is 1.26. The highest BCUT2D eigenvalue weighted by atomic mass is 16.5. The van der Waals surface area contributed by atoms with Gasteiger partial charge in [0.25, 0.3) is 0 Å². The zero-order valence-electron chi connectivity index (χ0n) is 21.2. The van der Waals surface area contributed by atoms with E-state index >= 15 is 0 Å². The molecule has 0 amide bonds. The summed E-state index contributed by atoms with van der Waals surface area (Å²) in [5, 5.41) is 3.56. The quantitative estimate of drug-likeness (QED) is 0.324. The molecule has 2 aliphatic heterocycles. The van der Waals surface area contributed by atoms with E-state index in [1.165, 1.54) is 18.2 Å². The van der Waals surface area contributed by atoms with E-state index in [9.17, 15) is 4.79 Å². The Labute approximate surface area is 216 Å². The highest BCUT2D eigenvalue weighted by Gasteiger charge is 2.28. The van der Waals surface area contributed by atoms with Crippen LogP contribution in [0.4, 0.5) is 5.69 Å².